The maximum atomic E-state index is 14.1. The summed E-state index contributed by atoms with van der Waals surface area (Å²) in [6.07, 6.45) is 0. The van der Waals surface area contributed by atoms with Crippen LogP contribution in [0.25, 0.3) is 0 Å². The number of para-hydroxylation sites is 1. The second kappa shape index (κ2) is 9.43. The van der Waals surface area contributed by atoms with Gasteiger partial charge in [-0.1, -0.05) is 68.8 Å². The normalized spacial score (nSPS) is 13.3. The maximum Gasteiger partial charge on any atom is 0.165 e. The van der Waals surface area contributed by atoms with Crippen molar-refractivity contribution in [2.24, 2.45) is 5.92 Å². The zero-order valence-electron chi connectivity index (χ0n) is 17.0. The summed E-state index contributed by atoms with van der Waals surface area (Å²) in [5.41, 5.74) is 1.89. The van der Waals surface area contributed by atoms with Crippen LogP contribution in [0.5, 0.6) is 11.5 Å². The molecule has 0 radical (unpaired) electrons. The van der Waals surface area contributed by atoms with E-state index >= 15 is 0 Å². The summed E-state index contributed by atoms with van der Waals surface area (Å²) in [6.45, 7) is 7.47. The van der Waals surface area contributed by atoms with Crippen LogP contribution in [0.3, 0.4) is 0 Å². The van der Waals surface area contributed by atoms with Gasteiger partial charge in [0, 0.05) is 10.4 Å². The maximum absolute atomic E-state index is 14.1. The van der Waals surface area contributed by atoms with Gasteiger partial charge in [-0.25, -0.2) is 4.39 Å². The van der Waals surface area contributed by atoms with E-state index in [2.05, 4.69) is 32.9 Å². The van der Waals surface area contributed by atoms with Gasteiger partial charge < -0.3 is 9.47 Å². The van der Waals surface area contributed by atoms with Gasteiger partial charge in [0.15, 0.2) is 11.6 Å². The van der Waals surface area contributed by atoms with Crippen LogP contribution in [0.2, 0.25) is 5.02 Å². The minimum Gasteiger partial charge on any atom is -0.454 e. The van der Waals surface area contributed by atoms with Crippen molar-refractivity contribution in [1.82, 2.24) is 0 Å². The van der Waals surface area contributed by atoms with Crippen LogP contribution >= 0.6 is 11.6 Å². The first kappa shape index (κ1) is 21.4. The largest absolute Gasteiger partial charge is 0.454 e. The fourth-order valence-electron chi connectivity index (χ4n) is 3.13. The Morgan fingerprint density at radius 1 is 0.966 bits per heavy atom. The van der Waals surface area contributed by atoms with E-state index in [-0.39, 0.29) is 11.2 Å². The molecule has 0 saturated carbocycles. The highest BCUT2D eigenvalue weighted by atomic mass is 35.5. The van der Waals surface area contributed by atoms with Crippen molar-refractivity contribution >= 4 is 11.6 Å². The van der Waals surface area contributed by atoms with E-state index in [1.807, 2.05) is 30.3 Å². The second-order valence-corrected chi connectivity index (χ2v) is 8.19. The molecular formula is C25H26ClFO2. The monoisotopic (exact) mass is 412 g/mol. The molecule has 0 saturated heterocycles. The average Bonchev–Trinajstić information content (AvgIpc) is 2.71. The van der Waals surface area contributed by atoms with E-state index in [4.69, 9.17) is 21.1 Å². The number of rotatable bonds is 8. The molecule has 0 N–H and O–H groups in total. The third-order valence-electron chi connectivity index (χ3n) is 5.42. The van der Waals surface area contributed by atoms with Crippen molar-refractivity contribution in [2.75, 3.05) is 6.61 Å². The molecule has 1 unspecified atom stereocenters. The molecule has 29 heavy (non-hydrogen) atoms. The summed E-state index contributed by atoms with van der Waals surface area (Å²) in [7, 11) is 0. The fourth-order valence-corrected chi connectivity index (χ4v) is 3.25. The summed E-state index contributed by atoms with van der Waals surface area (Å²) in [5.74, 6) is 0.765. The van der Waals surface area contributed by atoms with Crippen LogP contribution in [0.1, 0.15) is 31.9 Å². The number of halogens is 2. The summed E-state index contributed by atoms with van der Waals surface area (Å²) in [4.78, 5) is 0. The Balaban J connectivity index is 1.68. The summed E-state index contributed by atoms with van der Waals surface area (Å²) < 4.78 is 25.9. The molecule has 152 valence electrons. The lowest BCUT2D eigenvalue weighted by atomic mass is 9.74. The smallest absolute Gasteiger partial charge is 0.165 e. The molecule has 1 atom stereocenters. The molecule has 0 aromatic heterocycles. The molecular weight excluding hydrogens is 387 g/mol. The average molecular weight is 413 g/mol. The molecule has 3 rings (SSSR count). The quantitative estimate of drug-likeness (QED) is 0.383. The van der Waals surface area contributed by atoms with Gasteiger partial charge in [-0.2, -0.15) is 0 Å². The highest BCUT2D eigenvalue weighted by molar-refractivity contribution is 6.30. The molecule has 2 nitrogen and oxygen atoms in total. The lowest BCUT2D eigenvalue weighted by Gasteiger charge is -2.34. The molecule has 3 aromatic rings. The fraction of sp³-hybridized carbons (Fsp3) is 0.280. The Kier molecular flexibility index (Phi) is 6.94. The van der Waals surface area contributed by atoms with Gasteiger partial charge in [0.25, 0.3) is 0 Å². The lowest BCUT2D eigenvalue weighted by molar-refractivity contribution is 0.0583. The third kappa shape index (κ3) is 5.37. The van der Waals surface area contributed by atoms with Crippen molar-refractivity contribution in [3.05, 3.63) is 94.8 Å². The SMILES string of the molecule is CC(C)C(C)(COCc1ccc(F)c(Oc2ccccc2)c1)c1ccc(Cl)cc1. The molecule has 4 heteroatoms. The van der Waals surface area contributed by atoms with E-state index in [1.165, 1.54) is 11.6 Å². The Labute approximate surface area is 177 Å². The number of ether oxygens (including phenoxy) is 2. The molecule has 0 fully saturated rings. The summed E-state index contributed by atoms with van der Waals surface area (Å²) >= 11 is 6.04. The highest BCUT2D eigenvalue weighted by Crippen LogP contribution is 2.33. The summed E-state index contributed by atoms with van der Waals surface area (Å²) in [6, 6.07) is 21.9. The molecule has 0 aliphatic heterocycles. The molecule has 0 aliphatic rings. The topological polar surface area (TPSA) is 18.5 Å². The van der Waals surface area contributed by atoms with E-state index in [1.54, 1.807) is 24.3 Å². The Hall–Kier alpha value is -2.36. The lowest BCUT2D eigenvalue weighted by Crippen LogP contribution is -2.34. The molecule has 0 aliphatic carbocycles. The van der Waals surface area contributed by atoms with Gasteiger partial charge in [0.1, 0.15) is 5.75 Å². The van der Waals surface area contributed by atoms with Gasteiger partial charge in [-0.3, -0.25) is 0 Å². The first-order valence-electron chi connectivity index (χ1n) is 9.73. The number of hydrogen-bond donors (Lipinski definition) is 0. The van der Waals surface area contributed by atoms with E-state index < -0.39 is 5.82 Å². The molecule has 0 bridgehead atoms. The van der Waals surface area contributed by atoms with Gasteiger partial charge in [0.05, 0.1) is 13.2 Å². The number of hydrogen-bond acceptors (Lipinski definition) is 2. The zero-order valence-corrected chi connectivity index (χ0v) is 17.7. The Morgan fingerprint density at radius 2 is 1.66 bits per heavy atom. The third-order valence-corrected chi connectivity index (χ3v) is 5.67. The van der Waals surface area contributed by atoms with Crippen molar-refractivity contribution in [1.29, 1.82) is 0 Å². The Morgan fingerprint density at radius 3 is 2.31 bits per heavy atom. The number of benzene rings is 3. The van der Waals surface area contributed by atoms with Crippen LogP contribution in [0, 0.1) is 11.7 Å². The van der Waals surface area contributed by atoms with Gasteiger partial charge in [-0.15, -0.1) is 0 Å². The minimum atomic E-state index is -0.397. The van der Waals surface area contributed by atoms with E-state index in [9.17, 15) is 4.39 Å². The zero-order chi connectivity index (χ0) is 20.9. The highest BCUT2D eigenvalue weighted by Gasteiger charge is 2.30. The summed E-state index contributed by atoms with van der Waals surface area (Å²) in [5, 5.41) is 0.720. The van der Waals surface area contributed by atoms with Crippen molar-refractivity contribution in [2.45, 2.75) is 32.8 Å². The van der Waals surface area contributed by atoms with Crippen LogP contribution in [-0.2, 0) is 16.8 Å². The van der Waals surface area contributed by atoms with Gasteiger partial charge in [-0.05, 0) is 53.4 Å². The molecule has 0 spiro atoms. The molecule has 0 heterocycles. The Bertz CT molecular complexity index is 925. The predicted octanol–water partition coefficient (Wildman–Crippen LogP) is 7.40. The van der Waals surface area contributed by atoms with Gasteiger partial charge in [0.2, 0.25) is 0 Å². The van der Waals surface area contributed by atoms with Crippen LogP contribution in [-0.4, -0.2) is 6.61 Å². The van der Waals surface area contributed by atoms with E-state index in [0.29, 0.717) is 24.9 Å². The predicted molar refractivity (Wildman–Crippen MR) is 116 cm³/mol. The first-order chi connectivity index (χ1) is 13.9. The van der Waals surface area contributed by atoms with Crippen LogP contribution < -0.4 is 4.74 Å². The van der Waals surface area contributed by atoms with Crippen LogP contribution in [0.15, 0.2) is 72.8 Å². The van der Waals surface area contributed by atoms with E-state index in [0.717, 1.165) is 10.6 Å². The minimum absolute atomic E-state index is 0.159. The molecule has 0 amide bonds. The first-order valence-corrected chi connectivity index (χ1v) is 10.1. The van der Waals surface area contributed by atoms with Gasteiger partial charge >= 0.3 is 0 Å². The van der Waals surface area contributed by atoms with Crippen molar-refractivity contribution in [3.8, 4) is 11.5 Å². The van der Waals surface area contributed by atoms with Crippen LogP contribution in [0.4, 0.5) is 4.39 Å². The standard InChI is InChI=1S/C25H26ClFO2/c1-18(2)25(3,20-10-12-21(26)13-11-20)17-28-16-19-9-14-23(27)24(15-19)29-22-7-5-4-6-8-22/h4-15,18H,16-17H2,1-3H3. The molecule has 3 aromatic carbocycles. The van der Waals surface area contributed by atoms with Crippen molar-refractivity contribution < 1.29 is 13.9 Å². The second-order valence-electron chi connectivity index (χ2n) is 7.75. The van der Waals surface area contributed by atoms with Crippen molar-refractivity contribution in [3.63, 3.8) is 0 Å².